The summed E-state index contributed by atoms with van der Waals surface area (Å²) in [4.78, 5) is 0. The number of halogens is 4. The maximum Gasteiger partial charge on any atom is 0.226 e. The number of benzene rings is 3. The number of quaternary nitrogens is 1. The molecular formula is C25H26F4N3+. The van der Waals surface area contributed by atoms with Crippen molar-refractivity contribution in [1.82, 2.24) is 10.1 Å². The first-order valence-electron chi connectivity index (χ1n) is 10.5. The lowest BCUT2D eigenvalue weighted by Gasteiger charge is -2.41. The Labute approximate surface area is 185 Å². The lowest BCUT2D eigenvalue weighted by Crippen LogP contribution is -2.63. The Hall–Kier alpha value is -2.90. The minimum atomic E-state index is -0.755. The van der Waals surface area contributed by atoms with Crippen LogP contribution in [0.1, 0.15) is 32.4 Å². The monoisotopic (exact) mass is 444 g/mol. The second-order valence-electron chi connectivity index (χ2n) is 9.37. The Morgan fingerprint density at radius 3 is 1.88 bits per heavy atom. The summed E-state index contributed by atoms with van der Waals surface area (Å²) in [6.07, 6.45) is 0. The summed E-state index contributed by atoms with van der Waals surface area (Å²) < 4.78 is 59.5. The Balaban J connectivity index is 1.98. The van der Waals surface area contributed by atoms with E-state index >= 15 is 8.78 Å². The van der Waals surface area contributed by atoms with Gasteiger partial charge in [-0.25, -0.2) is 17.6 Å². The first-order chi connectivity index (χ1) is 15.1. The van der Waals surface area contributed by atoms with E-state index in [1.807, 2.05) is 51.1 Å². The Bertz CT molecular complexity index is 1070. The molecule has 32 heavy (non-hydrogen) atoms. The fourth-order valence-electron chi connectivity index (χ4n) is 4.61. The number of nitrogens with zero attached hydrogens (tertiary/aromatic N) is 2. The SMILES string of the molecule is CC(C)(C)C[N+]1(c2c(F)cccc2F)NN(c2c(F)cccc2F)CC1c1ccccc1. The molecule has 0 bridgehead atoms. The van der Waals surface area contributed by atoms with Gasteiger partial charge in [0, 0.05) is 11.0 Å². The van der Waals surface area contributed by atoms with Gasteiger partial charge in [0.05, 0.1) is 6.54 Å². The van der Waals surface area contributed by atoms with Crippen LogP contribution in [0.2, 0.25) is 0 Å². The van der Waals surface area contributed by atoms with Crippen molar-refractivity contribution in [2.24, 2.45) is 5.41 Å². The molecule has 168 valence electrons. The quantitative estimate of drug-likeness (QED) is 0.377. The zero-order valence-corrected chi connectivity index (χ0v) is 18.2. The fraction of sp³-hybridized carbons (Fsp3) is 0.280. The van der Waals surface area contributed by atoms with Gasteiger partial charge in [-0.2, -0.15) is 4.59 Å². The summed E-state index contributed by atoms with van der Waals surface area (Å²) in [6.45, 7) is 6.24. The third kappa shape index (κ3) is 3.98. The average Bonchev–Trinajstić information content (AvgIpc) is 3.06. The van der Waals surface area contributed by atoms with E-state index in [0.717, 1.165) is 17.7 Å². The number of hydrogen-bond acceptors (Lipinski definition) is 2. The molecule has 1 aliphatic heterocycles. The minimum Gasteiger partial charge on any atom is -0.252 e. The molecule has 3 nitrogen and oxygen atoms in total. The highest BCUT2D eigenvalue weighted by Gasteiger charge is 2.54. The van der Waals surface area contributed by atoms with E-state index < -0.39 is 34.7 Å². The van der Waals surface area contributed by atoms with Gasteiger partial charge in [0.25, 0.3) is 0 Å². The van der Waals surface area contributed by atoms with Crippen LogP contribution in [0.4, 0.5) is 28.9 Å². The van der Waals surface area contributed by atoms with Gasteiger partial charge < -0.3 is 0 Å². The molecule has 3 aromatic carbocycles. The summed E-state index contributed by atoms with van der Waals surface area (Å²) in [7, 11) is 0. The first kappa shape index (κ1) is 22.3. The van der Waals surface area contributed by atoms with E-state index in [2.05, 4.69) is 5.53 Å². The highest BCUT2D eigenvalue weighted by Crippen LogP contribution is 2.45. The number of para-hydroxylation sites is 2. The molecule has 3 aromatic rings. The highest BCUT2D eigenvalue weighted by molar-refractivity contribution is 5.55. The zero-order chi connectivity index (χ0) is 23.1. The molecule has 0 spiro atoms. The van der Waals surface area contributed by atoms with E-state index in [1.54, 1.807) is 0 Å². The van der Waals surface area contributed by atoms with Gasteiger partial charge in [-0.15, -0.1) is 0 Å². The van der Waals surface area contributed by atoms with Gasteiger partial charge in [0.15, 0.2) is 29.3 Å². The second-order valence-corrected chi connectivity index (χ2v) is 9.37. The van der Waals surface area contributed by atoms with Crippen molar-refractivity contribution >= 4 is 11.4 Å². The first-order valence-corrected chi connectivity index (χ1v) is 10.5. The summed E-state index contributed by atoms with van der Waals surface area (Å²) in [5.41, 5.74) is 3.06. The van der Waals surface area contributed by atoms with Crippen molar-refractivity contribution in [1.29, 1.82) is 0 Å². The van der Waals surface area contributed by atoms with E-state index in [4.69, 9.17) is 0 Å². The van der Waals surface area contributed by atoms with Crippen LogP contribution in [0.3, 0.4) is 0 Å². The fourth-order valence-corrected chi connectivity index (χ4v) is 4.61. The van der Waals surface area contributed by atoms with E-state index in [9.17, 15) is 8.78 Å². The van der Waals surface area contributed by atoms with Crippen molar-refractivity contribution in [3.63, 3.8) is 0 Å². The van der Waals surface area contributed by atoms with Crippen LogP contribution < -0.4 is 15.1 Å². The molecule has 1 saturated heterocycles. The molecule has 0 aliphatic carbocycles. The maximum absolute atomic E-state index is 15.2. The third-order valence-electron chi connectivity index (χ3n) is 5.64. The number of rotatable bonds is 4. The van der Waals surface area contributed by atoms with Gasteiger partial charge in [-0.1, -0.05) is 68.8 Å². The summed E-state index contributed by atoms with van der Waals surface area (Å²) >= 11 is 0. The van der Waals surface area contributed by atoms with Gasteiger partial charge in [-0.05, 0) is 24.3 Å². The predicted octanol–water partition coefficient (Wildman–Crippen LogP) is 6.28. The van der Waals surface area contributed by atoms with Gasteiger partial charge in [0.2, 0.25) is 5.69 Å². The van der Waals surface area contributed by atoms with Crippen LogP contribution in [0.5, 0.6) is 0 Å². The Kier molecular flexibility index (Phi) is 5.73. The minimum absolute atomic E-state index is 0.103. The molecule has 1 aliphatic rings. The van der Waals surface area contributed by atoms with Crippen molar-refractivity contribution in [2.75, 3.05) is 18.1 Å². The number of nitrogens with one attached hydrogen (secondary N) is 1. The second kappa shape index (κ2) is 8.22. The molecule has 2 unspecified atom stereocenters. The van der Waals surface area contributed by atoms with Crippen molar-refractivity contribution in [3.8, 4) is 0 Å². The maximum atomic E-state index is 15.2. The molecule has 0 radical (unpaired) electrons. The standard InChI is InChI=1S/C25H26F4N3/c1-25(2,3)16-32(24-20(28)13-8-14-21(24)29)22(17-9-5-4-6-10-17)15-31(30-32)23-18(26)11-7-12-19(23)27/h4-14,22,30H,15-16H2,1-3H3/q+1. The normalized spacial score (nSPS) is 21.2. The van der Waals surface area contributed by atoms with Crippen LogP contribution in [0.15, 0.2) is 66.7 Å². The third-order valence-corrected chi connectivity index (χ3v) is 5.64. The van der Waals surface area contributed by atoms with E-state index in [1.165, 1.54) is 29.3 Å². The summed E-state index contributed by atoms with van der Waals surface area (Å²) in [5.74, 6) is -2.96. The molecule has 0 aromatic heterocycles. The Morgan fingerprint density at radius 2 is 1.34 bits per heavy atom. The molecule has 0 saturated carbocycles. The molecule has 7 heteroatoms. The number of anilines is 1. The number of hydrogen-bond donors (Lipinski definition) is 1. The molecule has 4 rings (SSSR count). The Morgan fingerprint density at radius 1 is 0.812 bits per heavy atom. The van der Waals surface area contributed by atoms with Crippen molar-refractivity contribution < 1.29 is 17.6 Å². The largest absolute Gasteiger partial charge is 0.252 e. The lowest BCUT2D eigenvalue weighted by atomic mass is 9.92. The van der Waals surface area contributed by atoms with Crippen LogP contribution in [0, 0.1) is 28.7 Å². The van der Waals surface area contributed by atoms with E-state index in [-0.39, 0.29) is 29.1 Å². The highest BCUT2D eigenvalue weighted by atomic mass is 19.1. The van der Waals surface area contributed by atoms with Gasteiger partial charge in [0.1, 0.15) is 12.2 Å². The number of hydrazine groups is 1. The molecule has 1 heterocycles. The predicted molar refractivity (Wildman–Crippen MR) is 118 cm³/mol. The van der Waals surface area contributed by atoms with E-state index in [0.29, 0.717) is 0 Å². The topological polar surface area (TPSA) is 15.3 Å². The smallest absolute Gasteiger partial charge is 0.226 e. The molecule has 2 atom stereocenters. The molecular weight excluding hydrogens is 418 g/mol. The summed E-state index contributed by atoms with van der Waals surface area (Å²) in [5, 5.41) is 1.33. The van der Waals surface area contributed by atoms with Crippen LogP contribution in [0.25, 0.3) is 0 Å². The van der Waals surface area contributed by atoms with Gasteiger partial charge >= 0.3 is 0 Å². The molecule has 0 amide bonds. The van der Waals surface area contributed by atoms with Crippen LogP contribution in [-0.4, -0.2) is 13.1 Å². The van der Waals surface area contributed by atoms with Crippen LogP contribution in [-0.2, 0) is 0 Å². The summed E-state index contributed by atoms with van der Waals surface area (Å²) in [6, 6.07) is 16.0. The zero-order valence-electron chi connectivity index (χ0n) is 18.2. The molecule has 1 N–H and O–H groups in total. The van der Waals surface area contributed by atoms with Crippen molar-refractivity contribution in [2.45, 2.75) is 26.8 Å². The van der Waals surface area contributed by atoms with Gasteiger partial charge in [-0.3, -0.25) is 5.01 Å². The van der Waals surface area contributed by atoms with Crippen LogP contribution >= 0.6 is 0 Å². The van der Waals surface area contributed by atoms with Crippen molar-refractivity contribution in [3.05, 3.63) is 95.6 Å². The lowest BCUT2D eigenvalue weighted by molar-refractivity contribution is 0.122. The average molecular weight is 444 g/mol. The molecule has 1 fully saturated rings.